The number of rotatable bonds is 2. The molecule has 0 fully saturated rings. The summed E-state index contributed by atoms with van der Waals surface area (Å²) in [5.74, 6) is -1.21. The molecule has 0 unspecified atom stereocenters. The Hall–Kier alpha value is -1.07. The molecule has 0 heterocycles. The van der Waals surface area contributed by atoms with Gasteiger partial charge in [0.15, 0.2) is 0 Å². The fourth-order valence-corrected chi connectivity index (χ4v) is 1.21. The van der Waals surface area contributed by atoms with E-state index in [0.717, 1.165) is 12.1 Å². The van der Waals surface area contributed by atoms with Gasteiger partial charge in [-0.05, 0) is 12.1 Å². The average molecular weight is 256 g/mol. The summed E-state index contributed by atoms with van der Waals surface area (Å²) in [7, 11) is 0. The third kappa shape index (κ3) is 2.94. The van der Waals surface area contributed by atoms with Gasteiger partial charge in [-0.1, -0.05) is 23.2 Å². The maximum atomic E-state index is 11.7. The Labute approximate surface area is 93.7 Å². The van der Waals surface area contributed by atoms with Gasteiger partial charge in [0, 0.05) is 0 Å². The highest BCUT2D eigenvalue weighted by atomic mass is 35.5. The van der Waals surface area contributed by atoms with Crippen molar-refractivity contribution in [2.75, 3.05) is 5.73 Å². The summed E-state index contributed by atoms with van der Waals surface area (Å²) in [4.78, 5) is 11.0. The molecule has 1 rings (SSSR count). The van der Waals surface area contributed by atoms with E-state index >= 15 is 0 Å². The monoisotopic (exact) mass is 255 g/mol. The van der Waals surface area contributed by atoms with Gasteiger partial charge >= 0.3 is 12.6 Å². The Balaban J connectivity index is 3.01. The molecule has 82 valence electrons. The van der Waals surface area contributed by atoms with Crippen LogP contribution in [0.4, 0.5) is 14.5 Å². The van der Waals surface area contributed by atoms with Gasteiger partial charge in [0.05, 0.1) is 21.3 Å². The molecular weight excluding hydrogens is 251 g/mol. The quantitative estimate of drug-likeness (QED) is 0.653. The number of carbonyl (C=O) groups is 1. The van der Waals surface area contributed by atoms with Crippen LogP contribution in [0.3, 0.4) is 0 Å². The molecule has 0 aliphatic carbocycles. The second kappa shape index (κ2) is 4.63. The lowest BCUT2D eigenvalue weighted by atomic mass is 10.2. The Morgan fingerprint density at radius 3 is 2.47 bits per heavy atom. The summed E-state index contributed by atoms with van der Waals surface area (Å²) < 4.78 is 27.1. The van der Waals surface area contributed by atoms with Crippen molar-refractivity contribution in [3.63, 3.8) is 0 Å². The maximum Gasteiger partial charge on any atom is 0.389 e. The van der Waals surface area contributed by atoms with Gasteiger partial charge in [0.2, 0.25) is 0 Å². The lowest BCUT2D eigenvalue weighted by Crippen LogP contribution is -2.10. The van der Waals surface area contributed by atoms with Crippen molar-refractivity contribution in [1.29, 1.82) is 0 Å². The van der Waals surface area contributed by atoms with Gasteiger partial charge in [0.25, 0.3) is 0 Å². The lowest BCUT2D eigenvalue weighted by Gasteiger charge is -2.06. The zero-order valence-electron chi connectivity index (χ0n) is 7.14. The predicted octanol–water partition coefficient (Wildman–Crippen LogP) is 2.96. The minimum atomic E-state index is -3.19. The summed E-state index contributed by atoms with van der Waals surface area (Å²) >= 11 is 11.2. The van der Waals surface area contributed by atoms with E-state index < -0.39 is 12.6 Å². The van der Waals surface area contributed by atoms with Gasteiger partial charge < -0.3 is 10.5 Å². The number of hydrogen-bond donors (Lipinski definition) is 1. The number of ether oxygens (including phenoxy) is 1. The molecule has 0 spiro atoms. The Morgan fingerprint density at radius 1 is 1.40 bits per heavy atom. The van der Waals surface area contributed by atoms with Crippen molar-refractivity contribution in [1.82, 2.24) is 0 Å². The van der Waals surface area contributed by atoms with E-state index in [1.54, 1.807) is 0 Å². The molecule has 0 amide bonds. The van der Waals surface area contributed by atoms with Crippen LogP contribution in [0.25, 0.3) is 0 Å². The molecule has 1 aromatic carbocycles. The average Bonchev–Trinajstić information content (AvgIpc) is 2.12. The first-order chi connectivity index (χ1) is 6.91. The van der Waals surface area contributed by atoms with Gasteiger partial charge in [0.1, 0.15) is 0 Å². The van der Waals surface area contributed by atoms with Crippen molar-refractivity contribution in [3.8, 4) is 0 Å². The molecule has 0 bridgehead atoms. The predicted molar refractivity (Wildman–Crippen MR) is 52.3 cm³/mol. The van der Waals surface area contributed by atoms with Crippen molar-refractivity contribution < 1.29 is 18.3 Å². The van der Waals surface area contributed by atoms with E-state index in [2.05, 4.69) is 4.74 Å². The summed E-state index contributed by atoms with van der Waals surface area (Å²) in [6.07, 6.45) is 0. The number of carbonyl (C=O) groups excluding carboxylic acids is 1. The molecule has 2 N–H and O–H groups in total. The number of nitrogen functional groups attached to an aromatic ring is 1. The van der Waals surface area contributed by atoms with Crippen LogP contribution in [0.5, 0.6) is 0 Å². The molecule has 3 nitrogen and oxygen atoms in total. The van der Waals surface area contributed by atoms with Crippen molar-refractivity contribution in [3.05, 3.63) is 27.7 Å². The number of esters is 1. The second-order valence-electron chi connectivity index (χ2n) is 2.53. The Bertz CT molecular complexity index is 375. The normalized spacial score (nSPS) is 10.5. The van der Waals surface area contributed by atoms with Crippen molar-refractivity contribution in [2.45, 2.75) is 6.61 Å². The molecule has 0 radical (unpaired) electrons. The molecule has 0 saturated carbocycles. The molecule has 0 atom stereocenters. The van der Waals surface area contributed by atoms with Gasteiger partial charge in [-0.2, -0.15) is 8.78 Å². The molecule has 0 aliphatic rings. The molecule has 0 aromatic heterocycles. The number of benzene rings is 1. The van der Waals surface area contributed by atoms with Crippen molar-refractivity contribution >= 4 is 34.9 Å². The third-order valence-corrected chi connectivity index (χ3v) is 2.30. The van der Waals surface area contributed by atoms with E-state index in [0.29, 0.717) is 0 Å². The van der Waals surface area contributed by atoms with E-state index in [9.17, 15) is 13.6 Å². The number of hydrogen-bond acceptors (Lipinski definition) is 3. The summed E-state index contributed by atoms with van der Waals surface area (Å²) in [5.41, 5.74) is 5.22. The van der Waals surface area contributed by atoms with Crippen molar-refractivity contribution in [2.24, 2.45) is 0 Å². The molecule has 0 aliphatic heterocycles. The zero-order valence-corrected chi connectivity index (χ0v) is 8.65. The van der Waals surface area contributed by atoms with E-state index in [1.807, 2.05) is 0 Å². The molecule has 15 heavy (non-hydrogen) atoms. The van der Waals surface area contributed by atoms with Gasteiger partial charge in [-0.3, -0.25) is 0 Å². The maximum absolute atomic E-state index is 11.7. The first kappa shape index (κ1) is 12.0. The van der Waals surface area contributed by atoms with E-state index in [1.165, 1.54) is 0 Å². The first-order valence-electron chi connectivity index (χ1n) is 3.65. The fourth-order valence-electron chi connectivity index (χ4n) is 0.877. The van der Waals surface area contributed by atoms with Crippen LogP contribution in [0, 0.1) is 0 Å². The number of nitrogens with two attached hydrogens (primary N) is 1. The minimum absolute atomic E-state index is 0.00196. The molecular formula is C8H5Cl2F2NO2. The summed E-state index contributed by atoms with van der Waals surface area (Å²) in [6, 6.07) is 2.21. The Morgan fingerprint density at radius 2 is 2.00 bits per heavy atom. The number of alkyl halides is 2. The highest BCUT2D eigenvalue weighted by Crippen LogP contribution is 2.29. The van der Waals surface area contributed by atoms with Gasteiger partial charge in [-0.15, -0.1) is 0 Å². The molecule has 7 heteroatoms. The summed E-state index contributed by atoms with van der Waals surface area (Å²) in [5, 5.41) is 0.0585. The lowest BCUT2D eigenvalue weighted by molar-refractivity contribution is -0.0906. The zero-order chi connectivity index (χ0) is 11.6. The van der Waals surface area contributed by atoms with Gasteiger partial charge in [-0.25, -0.2) is 4.79 Å². The van der Waals surface area contributed by atoms with Crippen LogP contribution < -0.4 is 5.73 Å². The smallest absolute Gasteiger partial charge is 0.389 e. The molecule has 1 aromatic rings. The van der Waals surface area contributed by atoms with Crippen LogP contribution in [0.15, 0.2) is 12.1 Å². The number of anilines is 1. The first-order valence-corrected chi connectivity index (χ1v) is 4.41. The highest BCUT2D eigenvalue weighted by molar-refractivity contribution is 6.43. The highest BCUT2D eigenvalue weighted by Gasteiger charge is 2.16. The second-order valence-corrected chi connectivity index (χ2v) is 3.31. The minimum Gasteiger partial charge on any atom is -0.399 e. The topological polar surface area (TPSA) is 52.3 Å². The van der Waals surface area contributed by atoms with Crippen LogP contribution in [0.2, 0.25) is 10.0 Å². The van der Waals surface area contributed by atoms with Crippen LogP contribution in [0.1, 0.15) is 10.4 Å². The van der Waals surface area contributed by atoms with E-state index in [4.69, 9.17) is 28.9 Å². The number of halogens is 4. The fraction of sp³-hybridized carbons (Fsp3) is 0.125. The Kier molecular flexibility index (Phi) is 3.71. The summed E-state index contributed by atoms with van der Waals surface area (Å²) in [6.45, 7) is -3.19. The van der Waals surface area contributed by atoms with E-state index in [-0.39, 0.29) is 21.3 Å². The molecule has 0 saturated heterocycles. The van der Waals surface area contributed by atoms with Crippen LogP contribution in [-0.2, 0) is 4.74 Å². The van der Waals surface area contributed by atoms with Crippen LogP contribution >= 0.6 is 23.2 Å². The van der Waals surface area contributed by atoms with Crippen LogP contribution in [-0.4, -0.2) is 12.6 Å². The standard InChI is InChI=1S/C8H5Cl2F2NO2/c9-4-1-3(2-5(13)6(4)10)7(14)15-8(11)12/h1-2,8H,13H2. The SMILES string of the molecule is Nc1cc(C(=O)OC(F)F)cc(Cl)c1Cl. The third-order valence-electron chi connectivity index (χ3n) is 1.49. The largest absolute Gasteiger partial charge is 0.399 e.